The van der Waals surface area contributed by atoms with Gasteiger partial charge in [0, 0.05) is 11.6 Å². The number of aromatic hydroxyl groups is 2. The Hall–Kier alpha value is -0.740. The first kappa shape index (κ1) is 10.3. The molecule has 0 spiro atoms. The van der Waals surface area contributed by atoms with E-state index in [1.807, 2.05) is 6.92 Å². The third-order valence-corrected chi connectivity index (χ3v) is 2.84. The Kier molecular flexibility index (Phi) is 3.17. The third-order valence-electron chi connectivity index (χ3n) is 2.00. The highest BCUT2D eigenvalue weighted by Gasteiger charge is 2.15. The van der Waals surface area contributed by atoms with E-state index in [0.29, 0.717) is 10.0 Å². The summed E-state index contributed by atoms with van der Waals surface area (Å²) >= 11 is 3.22. The van der Waals surface area contributed by atoms with Gasteiger partial charge in [0.1, 0.15) is 11.5 Å². The van der Waals surface area contributed by atoms with Crippen molar-refractivity contribution in [3.63, 3.8) is 0 Å². The van der Waals surface area contributed by atoms with Gasteiger partial charge in [0.2, 0.25) is 0 Å². The van der Waals surface area contributed by atoms with Crippen LogP contribution in [0.3, 0.4) is 0 Å². The fourth-order valence-electron chi connectivity index (χ4n) is 1.13. The second kappa shape index (κ2) is 3.98. The second-order valence-corrected chi connectivity index (χ2v) is 3.63. The molecule has 13 heavy (non-hydrogen) atoms. The topological polar surface area (TPSA) is 52.5 Å². The Bertz CT molecular complexity index is 315. The summed E-state index contributed by atoms with van der Waals surface area (Å²) in [5.74, 6) is 0.307. The molecule has 0 bridgehead atoms. The summed E-state index contributed by atoms with van der Waals surface area (Å²) in [5, 5.41) is 21.9. The van der Waals surface area contributed by atoms with Crippen LogP contribution in [-0.4, -0.2) is 17.3 Å². The van der Waals surface area contributed by atoms with Gasteiger partial charge in [-0.3, -0.25) is 0 Å². The smallest absolute Gasteiger partial charge is 0.130 e. The fraction of sp³-hybridized carbons (Fsp3) is 0.333. The Balaban J connectivity index is 3.25. The predicted octanol–water partition coefficient (Wildman–Crippen LogP) is 2.14. The number of benzene rings is 1. The van der Waals surface area contributed by atoms with Crippen LogP contribution in [0.25, 0.3) is 0 Å². The number of hydrogen-bond acceptors (Lipinski definition) is 3. The fourth-order valence-corrected chi connectivity index (χ4v) is 1.81. The maximum Gasteiger partial charge on any atom is 0.130 e. The van der Waals surface area contributed by atoms with Crippen LogP contribution < -0.4 is 5.32 Å². The van der Waals surface area contributed by atoms with Gasteiger partial charge in [-0.1, -0.05) is 0 Å². The largest absolute Gasteiger partial charge is 0.508 e. The third kappa shape index (κ3) is 1.95. The zero-order valence-corrected chi connectivity index (χ0v) is 9.09. The van der Waals surface area contributed by atoms with Crippen LogP contribution in [0.2, 0.25) is 0 Å². The van der Waals surface area contributed by atoms with Crippen LogP contribution in [-0.2, 0) is 0 Å². The lowest BCUT2D eigenvalue weighted by Crippen LogP contribution is -2.13. The molecule has 0 unspecified atom stereocenters. The lowest BCUT2D eigenvalue weighted by molar-refractivity contribution is 0.442. The van der Waals surface area contributed by atoms with Gasteiger partial charge in [0.15, 0.2) is 0 Å². The van der Waals surface area contributed by atoms with E-state index in [9.17, 15) is 10.2 Å². The van der Waals surface area contributed by atoms with Crippen molar-refractivity contribution in [3.05, 3.63) is 22.2 Å². The van der Waals surface area contributed by atoms with Gasteiger partial charge in [-0.05, 0) is 42.0 Å². The molecule has 0 saturated heterocycles. The average Bonchev–Trinajstić information content (AvgIpc) is 2.12. The standard InChI is InChI=1S/C9H12BrNO2/c1-5(11-2)8-6(12)3-4-7(13)9(8)10/h3-5,11-13H,1-2H3/t5-/m0/s1. The van der Waals surface area contributed by atoms with Gasteiger partial charge in [-0.25, -0.2) is 0 Å². The van der Waals surface area contributed by atoms with Gasteiger partial charge in [-0.15, -0.1) is 0 Å². The quantitative estimate of drug-likeness (QED) is 0.701. The van der Waals surface area contributed by atoms with Crippen molar-refractivity contribution < 1.29 is 10.2 Å². The number of phenols is 2. The van der Waals surface area contributed by atoms with Crippen molar-refractivity contribution >= 4 is 15.9 Å². The number of halogens is 1. The molecule has 3 N–H and O–H groups in total. The molecule has 0 fully saturated rings. The Morgan fingerprint density at radius 3 is 2.38 bits per heavy atom. The summed E-state index contributed by atoms with van der Waals surface area (Å²) in [6.45, 7) is 1.90. The first-order valence-corrected chi connectivity index (χ1v) is 4.74. The van der Waals surface area contributed by atoms with Crippen LogP contribution in [0.5, 0.6) is 11.5 Å². The van der Waals surface area contributed by atoms with Crippen LogP contribution in [0.1, 0.15) is 18.5 Å². The number of nitrogens with one attached hydrogen (secondary N) is 1. The van der Waals surface area contributed by atoms with Crippen LogP contribution in [0.4, 0.5) is 0 Å². The van der Waals surface area contributed by atoms with Gasteiger partial charge in [0.25, 0.3) is 0 Å². The van der Waals surface area contributed by atoms with Crippen LogP contribution >= 0.6 is 15.9 Å². The Morgan fingerprint density at radius 2 is 1.85 bits per heavy atom. The van der Waals surface area contributed by atoms with Crippen molar-refractivity contribution in [2.75, 3.05) is 7.05 Å². The lowest BCUT2D eigenvalue weighted by Gasteiger charge is -2.15. The van der Waals surface area contributed by atoms with Crippen molar-refractivity contribution in [1.29, 1.82) is 0 Å². The first-order chi connectivity index (χ1) is 6.07. The van der Waals surface area contributed by atoms with E-state index < -0.39 is 0 Å². The summed E-state index contributed by atoms with van der Waals surface area (Å²) in [5.41, 5.74) is 0.669. The molecule has 0 saturated carbocycles. The van der Waals surface area contributed by atoms with Gasteiger partial charge < -0.3 is 15.5 Å². The second-order valence-electron chi connectivity index (χ2n) is 2.84. The molecule has 3 nitrogen and oxygen atoms in total. The molecule has 0 aliphatic heterocycles. The molecule has 0 aliphatic carbocycles. The molecule has 0 heterocycles. The van der Waals surface area contributed by atoms with Crippen molar-refractivity contribution in [2.24, 2.45) is 0 Å². The normalized spacial score (nSPS) is 12.8. The Labute approximate surface area is 85.5 Å². The maximum atomic E-state index is 9.54. The highest BCUT2D eigenvalue weighted by Crippen LogP contribution is 2.37. The van der Waals surface area contributed by atoms with Crippen molar-refractivity contribution in [3.8, 4) is 11.5 Å². The molecule has 1 atom stereocenters. The molecular formula is C9H12BrNO2. The van der Waals surface area contributed by atoms with Gasteiger partial charge in [0.05, 0.1) is 4.47 Å². The number of hydrogen-bond donors (Lipinski definition) is 3. The minimum absolute atomic E-state index is 0.0125. The minimum Gasteiger partial charge on any atom is -0.508 e. The molecule has 1 rings (SSSR count). The van der Waals surface area contributed by atoms with Crippen LogP contribution in [0, 0.1) is 0 Å². The maximum absolute atomic E-state index is 9.54. The molecule has 4 heteroatoms. The number of rotatable bonds is 2. The number of phenolic OH excluding ortho intramolecular Hbond substituents is 2. The lowest BCUT2D eigenvalue weighted by atomic mass is 10.1. The molecule has 1 aromatic carbocycles. The summed E-state index contributed by atoms with van der Waals surface area (Å²) in [6.07, 6.45) is 0. The zero-order valence-electron chi connectivity index (χ0n) is 7.50. The van der Waals surface area contributed by atoms with E-state index in [-0.39, 0.29) is 17.5 Å². The van der Waals surface area contributed by atoms with E-state index in [4.69, 9.17) is 0 Å². The zero-order chi connectivity index (χ0) is 10.0. The minimum atomic E-state index is -0.0125. The van der Waals surface area contributed by atoms with Crippen molar-refractivity contribution in [1.82, 2.24) is 5.32 Å². The first-order valence-electron chi connectivity index (χ1n) is 3.95. The van der Waals surface area contributed by atoms with Gasteiger partial charge >= 0.3 is 0 Å². The molecular weight excluding hydrogens is 234 g/mol. The molecule has 0 aliphatic rings. The highest BCUT2D eigenvalue weighted by atomic mass is 79.9. The molecule has 72 valence electrons. The van der Waals surface area contributed by atoms with E-state index in [1.54, 1.807) is 7.05 Å². The Morgan fingerprint density at radius 1 is 1.31 bits per heavy atom. The summed E-state index contributed by atoms with van der Waals surface area (Å²) in [4.78, 5) is 0. The summed E-state index contributed by atoms with van der Waals surface area (Å²) in [7, 11) is 1.79. The van der Waals surface area contributed by atoms with Crippen LogP contribution in [0.15, 0.2) is 16.6 Å². The predicted molar refractivity (Wildman–Crippen MR) is 54.9 cm³/mol. The molecule has 0 amide bonds. The summed E-state index contributed by atoms with van der Waals surface area (Å²) < 4.78 is 0.536. The summed E-state index contributed by atoms with van der Waals surface area (Å²) in [6, 6.07) is 2.91. The average molecular weight is 246 g/mol. The SMILES string of the molecule is CN[C@@H](C)c1c(O)ccc(O)c1Br. The van der Waals surface area contributed by atoms with E-state index >= 15 is 0 Å². The molecule has 1 aromatic rings. The van der Waals surface area contributed by atoms with Crippen molar-refractivity contribution in [2.45, 2.75) is 13.0 Å². The molecule has 0 aromatic heterocycles. The van der Waals surface area contributed by atoms with E-state index in [2.05, 4.69) is 21.2 Å². The van der Waals surface area contributed by atoms with Gasteiger partial charge in [-0.2, -0.15) is 0 Å². The van der Waals surface area contributed by atoms with E-state index in [1.165, 1.54) is 12.1 Å². The van der Waals surface area contributed by atoms with E-state index in [0.717, 1.165) is 0 Å². The monoisotopic (exact) mass is 245 g/mol. The highest BCUT2D eigenvalue weighted by molar-refractivity contribution is 9.10. The molecule has 0 radical (unpaired) electrons.